The van der Waals surface area contributed by atoms with Crippen LogP contribution < -0.4 is 0 Å². The molecule has 8 nitrogen and oxygen atoms in total. The van der Waals surface area contributed by atoms with Gasteiger partial charge in [-0.15, -0.1) is 0 Å². The molecular weight excluding hydrogens is 346 g/mol. The molecule has 4 heterocycles. The molecule has 0 saturated carbocycles. The third kappa shape index (κ3) is 3.71. The number of pyridine rings is 1. The number of nitrogens with zero attached hydrogens (tertiary/aromatic N) is 5. The Morgan fingerprint density at radius 1 is 1.22 bits per heavy atom. The molecule has 0 radical (unpaired) electrons. The fourth-order valence-corrected chi connectivity index (χ4v) is 3.71. The summed E-state index contributed by atoms with van der Waals surface area (Å²) in [4.78, 5) is 33.8. The van der Waals surface area contributed by atoms with Crippen LogP contribution in [0, 0.1) is 0 Å². The summed E-state index contributed by atoms with van der Waals surface area (Å²) in [5, 5.41) is 4.51. The smallest absolute Gasteiger partial charge is 0.233 e. The minimum Gasteiger partial charge on any atom is -0.378 e. The van der Waals surface area contributed by atoms with Gasteiger partial charge in [0, 0.05) is 56.9 Å². The number of morpholine rings is 1. The first kappa shape index (κ1) is 17.7. The number of fused-ring (bicyclic) bond motifs is 1. The van der Waals surface area contributed by atoms with E-state index in [-0.39, 0.29) is 18.2 Å². The molecule has 1 atom stereocenters. The van der Waals surface area contributed by atoms with Gasteiger partial charge >= 0.3 is 0 Å². The van der Waals surface area contributed by atoms with Crippen molar-refractivity contribution in [3.05, 3.63) is 47.5 Å². The quantitative estimate of drug-likeness (QED) is 0.780. The lowest BCUT2D eigenvalue weighted by Gasteiger charge is -2.35. The van der Waals surface area contributed by atoms with Crippen LogP contribution in [0.1, 0.15) is 22.9 Å². The zero-order valence-corrected chi connectivity index (χ0v) is 15.4. The van der Waals surface area contributed by atoms with E-state index in [0.29, 0.717) is 39.4 Å². The van der Waals surface area contributed by atoms with Crippen molar-refractivity contribution in [1.29, 1.82) is 0 Å². The topological polar surface area (TPSA) is 80.6 Å². The molecular formula is C19H23N5O3. The van der Waals surface area contributed by atoms with Crippen LogP contribution in [0.4, 0.5) is 0 Å². The number of hydrogen-bond donors (Lipinski definition) is 0. The zero-order valence-electron chi connectivity index (χ0n) is 15.4. The molecule has 1 fully saturated rings. The van der Waals surface area contributed by atoms with Gasteiger partial charge in [0.2, 0.25) is 11.8 Å². The lowest BCUT2D eigenvalue weighted by atomic mass is 9.94. The Balaban J connectivity index is 1.55. The van der Waals surface area contributed by atoms with Crippen LogP contribution in [-0.4, -0.2) is 69.2 Å². The first-order valence-electron chi connectivity index (χ1n) is 9.18. The Labute approximate surface area is 157 Å². The summed E-state index contributed by atoms with van der Waals surface area (Å²) in [5.74, 6) is -0.433. The first-order chi connectivity index (χ1) is 13.1. The van der Waals surface area contributed by atoms with Crippen LogP contribution in [0.15, 0.2) is 30.6 Å². The molecule has 2 aromatic heterocycles. The van der Waals surface area contributed by atoms with Gasteiger partial charge in [-0.1, -0.05) is 6.07 Å². The van der Waals surface area contributed by atoms with E-state index in [1.807, 2.05) is 36.3 Å². The summed E-state index contributed by atoms with van der Waals surface area (Å²) in [6.07, 6.45) is 3.81. The molecule has 142 valence electrons. The van der Waals surface area contributed by atoms with Gasteiger partial charge in [0.15, 0.2) is 0 Å². The van der Waals surface area contributed by atoms with Crippen molar-refractivity contribution in [3.8, 4) is 0 Å². The summed E-state index contributed by atoms with van der Waals surface area (Å²) in [6.45, 7) is 3.10. The predicted octanol–water partition coefficient (Wildman–Crippen LogP) is 0.342. The number of amides is 2. The molecule has 0 bridgehead atoms. The monoisotopic (exact) mass is 369 g/mol. The Morgan fingerprint density at radius 3 is 2.78 bits per heavy atom. The maximum atomic E-state index is 13.1. The number of rotatable bonds is 3. The number of ether oxygens (including phenoxy) is 1. The second-order valence-corrected chi connectivity index (χ2v) is 6.98. The van der Waals surface area contributed by atoms with Crippen molar-refractivity contribution < 1.29 is 14.3 Å². The molecule has 8 heteroatoms. The third-order valence-corrected chi connectivity index (χ3v) is 5.06. The van der Waals surface area contributed by atoms with Crippen molar-refractivity contribution >= 4 is 11.8 Å². The summed E-state index contributed by atoms with van der Waals surface area (Å²) >= 11 is 0. The number of carbonyl (C=O) groups is 2. The predicted molar refractivity (Wildman–Crippen MR) is 96.7 cm³/mol. The minimum absolute atomic E-state index is 0.0218. The molecule has 0 aromatic carbocycles. The molecule has 2 aromatic rings. The van der Waals surface area contributed by atoms with Crippen molar-refractivity contribution in [2.75, 3.05) is 32.8 Å². The normalized spacial score (nSPS) is 19.7. The lowest BCUT2D eigenvalue weighted by Crippen LogP contribution is -2.48. The van der Waals surface area contributed by atoms with Gasteiger partial charge in [0.25, 0.3) is 0 Å². The van der Waals surface area contributed by atoms with Crippen molar-refractivity contribution in [2.45, 2.75) is 18.9 Å². The number of carbonyl (C=O) groups excluding carboxylic acids is 2. The highest BCUT2D eigenvalue weighted by Gasteiger charge is 2.37. The Bertz CT molecular complexity index is 829. The molecule has 2 aliphatic rings. The molecule has 1 saturated heterocycles. The molecule has 0 unspecified atom stereocenters. The van der Waals surface area contributed by atoms with E-state index in [0.717, 1.165) is 17.0 Å². The fourth-order valence-electron chi connectivity index (χ4n) is 3.71. The Hall–Kier alpha value is -2.74. The summed E-state index contributed by atoms with van der Waals surface area (Å²) < 4.78 is 7.07. The highest BCUT2D eigenvalue weighted by Crippen LogP contribution is 2.29. The van der Waals surface area contributed by atoms with E-state index in [1.54, 1.807) is 15.8 Å². The lowest BCUT2D eigenvalue weighted by molar-refractivity contribution is -0.139. The minimum atomic E-state index is -0.430. The first-order valence-corrected chi connectivity index (χ1v) is 9.18. The molecule has 2 aliphatic heterocycles. The van der Waals surface area contributed by atoms with Gasteiger partial charge in [0.05, 0.1) is 25.3 Å². The highest BCUT2D eigenvalue weighted by molar-refractivity contribution is 5.86. The van der Waals surface area contributed by atoms with Crippen LogP contribution in [0.5, 0.6) is 0 Å². The third-order valence-electron chi connectivity index (χ3n) is 5.06. The van der Waals surface area contributed by atoms with E-state index in [9.17, 15) is 9.59 Å². The van der Waals surface area contributed by atoms with Gasteiger partial charge in [0.1, 0.15) is 5.92 Å². The van der Waals surface area contributed by atoms with E-state index in [2.05, 4.69) is 10.1 Å². The number of hydrogen-bond acceptors (Lipinski definition) is 5. The average molecular weight is 369 g/mol. The maximum Gasteiger partial charge on any atom is 0.233 e. The van der Waals surface area contributed by atoms with E-state index < -0.39 is 5.92 Å². The van der Waals surface area contributed by atoms with E-state index in [1.165, 1.54) is 0 Å². The summed E-state index contributed by atoms with van der Waals surface area (Å²) in [5.41, 5.74) is 2.45. The van der Waals surface area contributed by atoms with Gasteiger partial charge in [-0.05, 0) is 12.1 Å². The SMILES string of the molecule is Cn1cc2c(n1)[C@H](C(=O)N1CCOCC1)CN(C(=O)Cc1ccccn1)C2. The fraction of sp³-hybridized carbons (Fsp3) is 0.474. The molecule has 0 spiro atoms. The second-order valence-electron chi connectivity index (χ2n) is 6.98. The van der Waals surface area contributed by atoms with E-state index in [4.69, 9.17) is 4.74 Å². The summed E-state index contributed by atoms with van der Waals surface area (Å²) in [6, 6.07) is 5.54. The number of aryl methyl sites for hydroxylation is 1. The van der Waals surface area contributed by atoms with Gasteiger partial charge in [-0.2, -0.15) is 5.10 Å². The molecule has 4 rings (SSSR count). The largest absolute Gasteiger partial charge is 0.378 e. The Kier molecular flexibility index (Phi) is 4.89. The van der Waals surface area contributed by atoms with Crippen molar-refractivity contribution in [2.24, 2.45) is 7.05 Å². The molecule has 27 heavy (non-hydrogen) atoms. The van der Waals surface area contributed by atoms with Crippen LogP contribution >= 0.6 is 0 Å². The van der Waals surface area contributed by atoms with Gasteiger partial charge < -0.3 is 14.5 Å². The van der Waals surface area contributed by atoms with Crippen LogP contribution in [-0.2, 0) is 34.3 Å². The van der Waals surface area contributed by atoms with Crippen LogP contribution in [0.2, 0.25) is 0 Å². The standard InChI is InChI=1S/C19H23N5O3/c1-22-11-14-12-24(17(25)10-15-4-2-3-5-20-15)13-16(18(14)21-22)19(26)23-6-8-27-9-7-23/h2-5,11,16H,6-10,12-13H2,1H3/t16-/m1/s1. The average Bonchev–Trinajstić information content (AvgIpc) is 3.08. The molecule has 0 N–H and O–H groups in total. The van der Waals surface area contributed by atoms with Crippen LogP contribution in [0.25, 0.3) is 0 Å². The maximum absolute atomic E-state index is 13.1. The van der Waals surface area contributed by atoms with Gasteiger partial charge in [-0.3, -0.25) is 19.3 Å². The highest BCUT2D eigenvalue weighted by atomic mass is 16.5. The molecule has 2 amide bonds. The van der Waals surface area contributed by atoms with Gasteiger partial charge in [-0.25, -0.2) is 0 Å². The van der Waals surface area contributed by atoms with Crippen LogP contribution in [0.3, 0.4) is 0 Å². The van der Waals surface area contributed by atoms with Crippen molar-refractivity contribution in [3.63, 3.8) is 0 Å². The Morgan fingerprint density at radius 2 is 2.04 bits per heavy atom. The zero-order chi connectivity index (χ0) is 18.8. The number of aromatic nitrogens is 3. The summed E-state index contributed by atoms with van der Waals surface area (Å²) in [7, 11) is 1.84. The molecule has 0 aliphatic carbocycles. The second kappa shape index (κ2) is 7.48. The van der Waals surface area contributed by atoms with Crippen molar-refractivity contribution in [1.82, 2.24) is 24.6 Å². The van der Waals surface area contributed by atoms with E-state index >= 15 is 0 Å².